The van der Waals surface area contributed by atoms with E-state index in [1.54, 1.807) is 0 Å². The fourth-order valence-electron chi connectivity index (χ4n) is 2.98. The van der Waals surface area contributed by atoms with Crippen LogP contribution in [-0.4, -0.2) is 18.1 Å². The second-order valence-corrected chi connectivity index (χ2v) is 6.35. The average Bonchev–Trinajstić information content (AvgIpc) is 2.65. The first-order valence-corrected chi connectivity index (χ1v) is 8.15. The summed E-state index contributed by atoms with van der Waals surface area (Å²) < 4.78 is 5.34. The van der Waals surface area contributed by atoms with Crippen molar-refractivity contribution in [1.29, 1.82) is 0 Å². The van der Waals surface area contributed by atoms with Crippen LogP contribution in [0.4, 0.5) is 5.69 Å². The van der Waals surface area contributed by atoms with Gasteiger partial charge in [0.25, 0.3) is 0 Å². The molecule has 0 aliphatic heterocycles. The van der Waals surface area contributed by atoms with Crippen LogP contribution in [0.25, 0.3) is 0 Å². The molecule has 0 spiro atoms. The van der Waals surface area contributed by atoms with Crippen molar-refractivity contribution >= 4 is 23.3 Å². The number of carbonyl (C=O) groups is 1. The molecule has 0 aromatic heterocycles. The molecule has 1 saturated carbocycles. The maximum atomic E-state index is 12.6. The normalized spacial score (nSPS) is 26.0. The lowest BCUT2D eigenvalue weighted by molar-refractivity contribution is -0.149. The standard InChI is InChI=1S/C17H24ClNO2/c1-3-21-16(20)17(11-6-7-13(2)10-12-17)19-15-9-5-4-8-14(15)18/h4-5,8-9,13,19H,3,6-7,10-12H2,1-2H3. The smallest absolute Gasteiger partial charge is 0.331 e. The molecule has 0 bridgehead atoms. The summed E-state index contributed by atoms with van der Waals surface area (Å²) >= 11 is 6.24. The van der Waals surface area contributed by atoms with E-state index >= 15 is 0 Å². The van der Waals surface area contributed by atoms with Crippen molar-refractivity contribution in [3.63, 3.8) is 0 Å². The summed E-state index contributed by atoms with van der Waals surface area (Å²) in [6.45, 7) is 4.50. The van der Waals surface area contributed by atoms with Gasteiger partial charge in [-0.25, -0.2) is 4.79 Å². The second kappa shape index (κ2) is 7.17. The Morgan fingerprint density at radius 1 is 1.38 bits per heavy atom. The van der Waals surface area contributed by atoms with Gasteiger partial charge in [-0.1, -0.05) is 43.5 Å². The molecule has 1 N–H and O–H groups in total. The number of nitrogens with one attached hydrogen (secondary N) is 1. The lowest BCUT2D eigenvalue weighted by Crippen LogP contribution is -2.47. The maximum absolute atomic E-state index is 12.6. The first kappa shape index (κ1) is 16.2. The van der Waals surface area contributed by atoms with Crippen LogP contribution in [0.3, 0.4) is 0 Å². The quantitative estimate of drug-likeness (QED) is 0.649. The van der Waals surface area contributed by atoms with Crippen molar-refractivity contribution in [3.8, 4) is 0 Å². The minimum Gasteiger partial charge on any atom is -0.464 e. The summed E-state index contributed by atoms with van der Waals surface area (Å²) in [5.74, 6) is 0.494. The van der Waals surface area contributed by atoms with Crippen LogP contribution in [-0.2, 0) is 9.53 Å². The summed E-state index contributed by atoms with van der Waals surface area (Å²) in [6.07, 6.45) is 4.79. The fraction of sp³-hybridized carbons (Fsp3) is 0.588. The third kappa shape index (κ3) is 3.91. The Morgan fingerprint density at radius 2 is 2.14 bits per heavy atom. The number of hydrogen-bond acceptors (Lipinski definition) is 3. The van der Waals surface area contributed by atoms with E-state index in [4.69, 9.17) is 16.3 Å². The van der Waals surface area contributed by atoms with Crippen molar-refractivity contribution in [3.05, 3.63) is 29.3 Å². The predicted octanol–water partition coefficient (Wildman–Crippen LogP) is 4.65. The minimum absolute atomic E-state index is 0.154. The van der Waals surface area contributed by atoms with Crippen LogP contribution < -0.4 is 5.32 Å². The van der Waals surface area contributed by atoms with E-state index in [-0.39, 0.29) is 5.97 Å². The van der Waals surface area contributed by atoms with Gasteiger partial charge in [-0.3, -0.25) is 0 Å². The lowest BCUT2D eigenvalue weighted by Gasteiger charge is -2.32. The molecular weight excluding hydrogens is 286 g/mol. The van der Waals surface area contributed by atoms with E-state index in [9.17, 15) is 4.79 Å². The van der Waals surface area contributed by atoms with Gasteiger partial charge in [-0.05, 0) is 44.2 Å². The van der Waals surface area contributed by atoms with Gasteiger partial charge < -0.3 is 10.1 Å². The molecule has 4 heteroatoms. The molecule has 3 nitrogen and oxygen atoms in total. The Morgan fingerprint density at radius 3 is 2.86 bits per heavy atom. The van der Waals surface area contributed by atoms with Gasteiger partial charge in [0.1, 0.15) is 5.54 Å². The Balaban J connectivity index is 2.27. The fourth-order valence-corrected chi connectivity index (χ4v) is 3.17. The molecule has 2 rings (SSSR count). The van der Waals surface area contributed by atoms with E-state index < -0.39 is 5.54 Å². The summed E-state index contributed by atoms with van der Waals surface area (Å²) in [5.41, 5.74) is 0.160. The van der Waals surface area contributed by atoms with Crippen LogP contribution in [0, 0.1) is 5.92 Å². The van der Waals surface area contributed by atoms with Gasteiger partial charge >= 0.3 is 5.97 Å². The minimum atomic E-state index is -0.647. The third-order valence-corrected chi connectivity index (χ3v) is 4.61. The van der Waals surface area contributed by atoms with Gasteiger partial charge in [-0.2, -0.15) is 0 Å². The molecule has 1 fully saturated rings. The Labute approximate surface area is 132 Å². The molecule has 1 aliphatic carbocycles. The van der Waals surface area contributed by atoms with Crippen LogP contribution in [0.2, 0.25) is 5.02 Å². The average molecular weight is 310 g/mol. The number of ether oxygens (including phenoxy) is 1. The Bertz CT molecular complexity index is 491. The lowest BCUT2D eigenvalue weighted by atomic mass is 9.89. The largest absolute Gasteiger partial charge is 0.464 e. The van der Waals surface area contributed by atoms with E-state index in [1.807, 2.05) is 31.2 Å². The molecule has 0 saturated heterocycles. The number of hydrogen-bond donors (Lipinski definition) is 1. The summed E-state index contributed by atoms with van der Waals surface area (Å²) in [4.78, 5) is 12.6. The third-order valence-electron chi connectivity index (χ3n) is 4.28. The SMILES string of the molecule is CCOC(=O)C1(Nc2ccccc2Cl)CCCC(C)CC1. The predicted molar refractivity (Wildman–Crippen MR) is 86.7 cm³/mol. The number of benzene rings is 1. The van der Waals surface area contributed by atoms with Gasteiger partial charge in [-0.15, -0.1) is 0 Å². The number of para-hydroxylation sites is 1. The van der Waals surface area contributed by atoms with E-state index in [2.05, 4.69) is 12.2 Å². The van der Waals surface area contributed by atoms with E-state index in [1.165, 1.54) is 0 Å². The monoisotopic (exact) mass is 309 g/mol. The molecule has 21 heavy (non-hydrogen) atoms. The van der Waals surface area contributed by atoms with Crippen LogP contribution in [0.1, 0.15) is 46.0 Å². The molecule has 2 unspecified atom stereocenters. The van der Waals surface area contributed by atoms with E-state index in [0.717, 1.165) is 37.8 Å². The number of rotatable bonds is 4. The van der Waals surface area contributed by atoms with Crippen LogP contribution >= 0.6 is 11.6 Å². The zero-order valence-electron chi connectivity index (χ0n) is 12.8. The van der Waals surface area contributed by atoms with Crippen molar-refractivity contribution in [2.45, 2.75) is 51.5 Å². The maximum Gasteiger partial charge on any atom is 0.331 e. The summed E-state index contributed by atoms with van der Waals surface area (Å²) in [5, 5.41) is 4.04. The zero-order chi connectivity index (χ0) is 15.3. The van der Waals surface area contributed by atoms with Crippen molar-refractivity contribution in [1.82, 2.24) is 0 Å². The van der Waals surface area contributed by atoms with Gasteiger partial charge in [0.2, 0.25) is 0 Å². The van der Waals surface area contributed by atoms with E-state index in [0.29, 0.717) is 17.5 Å². The van der Waals surface area contributed by atoms with Crippen molar-refractivity contribution in [2.24, 2.45) is 5.92 Å². The first-order chi connectivity index (χ1) is 10.1. The molecule has 1 aromatic rings. The topological polar surface area (TPSA) is 38.3 Å². The molecule has 0 radical (unpaired) electrons. The highest BCUT2D eigenvalue weighted by Gasteiger charge is 2.41. The van der Waals surface area contributed by atoms with Gasteiger partial charge in [0, 0.05) is 0 Å². The highest BCUT2D eigenvalue weighted by Crippen LogP contribution is 2.36. The number of esters is 1. The molecule has 1 aliphatic rings. The molecule has 2 atom stereocenters. The highest BCUT2D eigenvalue weighted by atomic mass is 35.5. The molecule has 0 amide bonds. The van der Waals surface area contributed by atoms with Gasteiger partial charge in [0.05, 0.1) is 17.3 Å². The van der Waals surface area contributed by atoms with Crippen molar-refractivity contribution < 1.29 is 9.53 Å². The molecule has 116 valence electrons. The molecule has 0 heterocycles. The number of carbonyl (C=O) groups excluding carboxylic acids is 1. The van der Waals surface area contributed by atoms with Crippen molar-refractivity contribution in [2.75, 3.05) is 11.9 Å². The number of anilines is 1. The van der Waals surface area contributed by atoms with Crippen LogP contribution in [0.15, 0.2) is 24.3 Å². The van der Waals surface area contributed by atoms with Gasteiger partial charge in [0.15, 0.2) is 0 Å². The highest BCUT2D eigenvalue weighted by molar-refractivity contribution is 6.33. The Hall–Kier alpha value is -1.22. The summed E-state index contributed by atoms with van der Waals surface area (Å²) in [7, 11) is 0. The Kier molecular flexibility index (Phi) is 5.51. The first-order valence-electron chi connectivity index (χ1n) is 7.77. The molecule has 1 aromatic carbocycles. The second-order valence-electron chi connectivity index (χ2n) is 5.94. The summed E-state index contributed by atoms with van der Waals surface area (Å²) in [6, 6.07) is 7.56. The van der Waals surface area contributed by atoms with Crippen LogP contribution in [0.5, 0.6) is 0 Å². The zero-order valence-corrected chi connectivity index (χ0v) is 13.6. The number of halogens is 1. The molecular formula is C17H24ClNO2.